The number of esters is 1. The Bertz CT molecular complexity index is 998. The van der Waals surface area contributed by atoms with Gasteiger partial charge in [-0.25, -0.2) is 4.79 Å². The predicted molar refractivity (Wildman–Crippen MR) is 126 cm³/mol. The van der Waals surface area contributed by atoms with Crippen molar-refractivity contribution in [1.82, 2.24) is 0 Å². The molecule has 0 aromatic heterocycles. The first-order chi connectivity index (χ1) is 15.2. The van der Waals surface area contributed by atoms with E-state index in [1.54, 1.807) is 54.7 Å². The molecule has 3 rings (SSSR count). The van der Waals surface area contributed by atoms with Crippen LogP contribution in [0.3, 0.4) is 0 Å². The Kier molecular flexibility index (Phi) is 8.68. The third-order valence-corrected chi connectivity index (χ3v) is 4.96. The van der Waals surface area contributed by atoms with Gasteiger partial charge in [-0.15, -0.1) is 0 Å². The van der Waals surface area contributed by atoms with Crippen molar-refractivity contribution < 1.29 is 14.3 Å². The van der Waals surface area contributed by atoms with Crippen molar-refractivity contribution in [3.05, 3.63) is 88.9 Å². The molecule has 5 heteroatoms. The number of halogens is 1. The maximum atomic E-state index is 12.3. The van der Waals surface area contributed by atoms with Crippen LogP contribution in [0.25, 0.3) is 0 Å². The summed E-state index contributed by atoms with van der Waals surface area (Å²) in [6, 6.07) is 21.6. The zero-order valence-electron chi connectivity index (χ0n) is 17.6. The molecule has 0 unspecified atom stereocenters. The molecule has 3 aromatic carbocycles. The number of nitrogens with zero attached hydrogens (tertiary/aromatic N) is 1. The third-order valence-electron chi connectivity index (χ3n) is 4.65. The Hall–Kier alpha value is -3.11. The van der Waals surface area contributed by atoms with E-state index in [0.717, 1.165) is 30.0 Å². The van der Waals surface area contributed by atoms with E-state index in [0.29, 0.717) is 16.3 Å². The highest BCUT2D eigenvalue weighted by Gasteiger charge is 2.10. The van der Waals surface area contributed by atoms with E-state index >= 15 is 0 Å². The molecule has 0 heterocycles. The van der Waals surface area contributed by atoms with Gasteiger partial charge in [-0.2, -0.15) is 0 Å². The number of carbonyl (C=O) groups excluding carboxylic acids is 1. The van der Waals surface area contributed by atoms with Gasteiger partial charge >= 0.3 is 5.97 Å². The van der Waals surface area contributed by atoms with Crippen LogP contribution in [0.1, 0.15) is 48.5 Å². The van der Waals surface area contributed by atoms with E-state index in [9.17, 15) is 4.79 Å². The maximum Gasteiger partial charge on any atom is 0.343 e. The van der Waals surface area contributed by atoms with Crippen LogP contribution in [0, 0.1) is 0 Å². The summed E-state index contributed by atoms with van der Waals surface area (Å²) < 4.78 is 11.1. The van der Waals surface area contributed by atoms with Crippen molar-refractivity contribution in [3.63, 3.8) is 0 Å². The van der Waals surface area contributed by atoms with Crippen LogP contribution >= 0.6 is 11.6 Å². The SMILES string of the molecule is CCCCCCOc1ccc(C=Nc2ccc(C(=O)Oc3ccccc3Cl)cc2)cc1. The minimum Gasteiger partial charge on any atom is -0.494 e. The molecule has 0 amide bonds. The van der Waals surface area contributed by atoms with Crippen molar-refractivity contribution in [3.8, 4) is 11.5 Å². The fourth-order valence-electron chi connectivity index (χ4n) is 2.89. The Morgan fingerprint density at radius 3 is 2.39 bits per heavy atom. The molecular formula is C26H26ClNO3. The summed E-state index contributed by atoms with van der Waals surface area (Å²) in [5.74, 6) is 0.744. The topological polar surface area (TPSA) is 47.9 Å². The zero-order chi connectivity index (χ0) is 21.9. The fraction of sp³-hybridized carbons (Fsp3) is 0.231. The van der Waals surface area contributed by atoms with Crippen molar-refractivity contribution in [1.29, 1.82) is 0 Å². The molecule has 0 radical (unpaired) electrons. The minimum atomic E-state index is -0.464. The summed E-state index contributed by atoms with van der Waals surface area (Å²) >= 11 is 6.03. The molecule has 0 atom stereocenters. The molecule has 0 N–H and O–H groups in total. The quantitative estimate of drug-likeness (QED) is 0.145. The highest BCUT2D eigenvalue weighted by molar-refractivity contribution is 6.32. The van der Waals surface area contributed by atoms with Crippen molar-refractivity contribution in [2.75, 3.05) is 6.61 Å². The van der Waals surface area contributed by atoms with Gasteiger partial charge in [-0.3, -0.25) is 4.99 Å². The van der Waals surface area contributed by atoms with E-state index < -0.39 is 5.97 Å². The number of para-hydroxylation sites is 1. The molecule has 0 saturated heterocycles. The van der Waals surface area contributed by atoms with E-state index in [2.05, 4.69) is 11.9 Å². The van der Waals surface area contributed by atoms with E-state index in [4.69, 9.17) is 21.1 Å². The number of hydrogen-bond acceptors (Lipinski definition) is 4. The minimum absolute atomic E-state index is 0.338. The highest BCUT2D eigenvalue weighted by Crippen LogP contribution is 2.24. The molecule has 0 aliphatic carbocycles. The lowest BCUT2D eigenvalue weighted by Gasteiger charge is -2.06. The van der Waals surface area contributed by atoms with Crippen LogP contribution in [0.15, 0.2) is 77.8 Å². The second-order valence-corrected chi connectivity index (χ2v) is 7.51. The highest BCUT2D eigenvalue weighted by atomic mass is 35.5. The summed E-state index contributed by atoms with van der Waals surface area (Å²) in [6.07, 6.45) is 6.55. The number of carbonyl (C=O) groups is 1. The molecular weight excluding hydrogens is 410 g/mol. The number of rotatable bonds is 10. The third kappa shape index (κ3) is 7.26. The molecule has 0 bridgehead atoms. The molecule has 0 aliphatic heterocycles. The standard InChI is InChI=1S/C26H26ClNO3/c1-2-3-4-7-18-30-23-16-10-20(11-17-23)19-28-22-14-12-21(13-15-22)26(29)31-25-9-6-5-8-24(25)27/h5-6,8-17,19H,2-4,7,18H2,1H3. The molecule has 0 fully saturated rings. The summed E-state index contributed by atoms with van der Waals surface area (Å²) in [5, 5.41) is 0.394. The predicted octanol–water partition coefficient (Wildman–Crippen LogP) is 7.27. The number of unbranched alkanes of at least 4 members (excludes halogenated alkanes) is 3. The monoisotopic (exact) mass is 435 g/mol. The van der Waals surface area contributed by atoms with Gasteiger partial charge in [0, 0.05) is 6.21 Å². The molecule has 0 aliphatic rings. The van der Waals surface area contributed by atoms with Gasteiger partial charge in [0.1, 0.15) is 11.5 Å². The molecule has 160 valence electrons. The van der Waals surface area contributed by atoms with Crippen molar-refractivity contribution >= 4 is 29.5 Å². The first-order valence-electron chi connectivity index (χ1n) is 10.5. The smallest absolute Gasteiger partial charge is 0.343 e. The second-order valence-electron chi connectivity index (χ2n) is 7.10. The average molecular weight is 436 g/mol. The average Bonchev–Trinajstić information content (AvgIpc) is 2.80. The van der Waals surface area contributed by atoms with E-state index in [-0.39, 0.29) is 0 Å². The number of benzene rings is 3. The number of ether oxygens (including phenoxy) is 2. The van der Waals surface area contributed by atoms with Crippen LogP contribution < -0.4 is 9.47 Å². The largest absolute Gasteiger partial charge is 0.494 e. The molecule has 4 nitrogen and oxygen atoms in total. The van der Waals surface area contributed by atoms with Crippen LogP contribution in [0.4, 0.5) is 5.69 Å². The molecule has 31 heavy (non-hydrogen) atoms. The lowest BCUT2D eigenvalue weighted by atomic mass is 10.2. The van der Waals surface area contributed by atoms with Crippen LogP contribution in [-0.4, -0.2) is 18.8 Å². The summed E-state index contributed by atoms with van der Waals surface area (Å²) in [7, 11) is 0. The van der Waals surface area contributed by atoms with Crippen LogP contribution in [0.2, 0.25) is 5.02 Å². The Labute approximate surface area is 188 Å². The molecule has 0 saturated carbocycles. The van der Waals surface area contributed by atoms with E-state index in [1.807, 2.05) is 24.3 Å². The first kappa shape index (κ1) is 22.6. The number of hydrogen-bond donors (Lipinski definition) is 0. The van der Waals surface area contributed by atoms with Gasteiger partial charge in [0.05, 0.1) is 22.9 Å². The molecule has 0 spiro atoms. The summed E-state index contributed by atoms with van der Waals surface area (Å²) in [5.41, 5.74) is 2.14. The van der Waals surface area contributed by atoms with Gasteiger partial charge in [0.15, 0.2) is 0 Å². The van der Waals surface area contributed by atoms with Gasteiger partial charge in [0.25, 0.3) is 0 Å². The lowest BCUT2D eigenvalue weighted by molar-refractivity contribution is 0.0735. The lowest BCUT2D eigenvalue weighted by Crippen LogP contribution is -2.08. The molecule has 3 aromatic rings. The fourth-order valence-corrected chi connectivity index (χ4v) is 3.06. The van der Waals surface area contributed by atoms with Gasteiger partial charge in [-0.1, -0.05) is 49.9 Å². The maximum absolute atomic E-state index is 12.3. The van der Waals surface area contributed by atoms with Crippen LogP contribution in [0.5, 0.6) is 11.5 Å². The van der Waals surface area contributed by atoms with Crippen molar-refractivity contribution in [2.45, 2.75) is 32.6 Å². The second kappa shape index (κ2) is 11.9. The summed E-state index contributed by atoms with van der Waals surface area (Å²) in [4.78, 5) is 16.7. The normalized spacial score (nSPS) is 10.9. The first-order valence-corrected chi connectivity index (χ1v) is 10.9. The van der Waals surface area contributed by atoms with E-state index in [1.165, 1.54) is 19.3 Å². The summed E-state index contributed by atoms with van der Waals surface area (Å²) in [6.45, 7) is 2.95. The Morgan fingerprint density at radius 2 is 1.68 bits per heavy atom. The van der Waals surface area contributed by atoms with Crippen molar-refractivity contribution in [2.24, 2.45) is 4.99 Å². The Balaban J connectivity index is 1.52. The zero-order valence-corrected chi connectivity index (χ0v) is 18.3. The number of aliphatic imine (C=N–C) groups is 1. The van der Waals surface area contributed by atoms with Gasteiger partial charge < -0.3 is 9.47 Å². The van der Waals surface area contributed by atoms with Gasteiger partial charge in [-0.05, 0) is 72.6 Å². The Morgan fingerprint density at radius 1 is 0.935 bits per heavy atom. The van der Waals surface area contributed by atoms with Gasteiger partial charge in [0.2, 0.25) is 0 Å². The van der Waals surface area contributed by atoms with Crippen LogP contribution in [-0.2, 0) is 0 Å².